The lowest BCUT2D eigenvalue weighted by molar-refractivity contribution is 0.0821. The summed E-state index contributed by atoms with van der Waals surface area (Å²) in [4.78, 5) is 15.4. The van der Waals surface area contributed by atoms with Crippen LogP contribution in [0.2, 0.25) is 0 Å². The summed E-state index contributed by atoms with van der Waals surface area (Å²) in [6.45, 7) is 1.91. The number of hydrazine groups is 1. The second-order valence-corrected chi connectivity index (χ2v) is 3.73. The lowest BCUT2D eigenvalue weighted by atomic mass is 10.4. The average molecular weight is 197 g/mol. The van der Waals surface area contributed by atoms with Crippen LogP contribution in [0.1, 0.15) is 23.3 Å². The van der Waals surface area contributed by atoms with Gasteiger partial charge in [0.1, 0.15) is 5.69 Å². The van der Waals surface area contributed by atoms with E-state index >= 15 is 0 Å². The predicted octanol–water partition coefficient (Wildman–Crippen LogP) is 0.884. The number of amides is 1. The Kier molecular flexibility index (Phi) is 2.56. The topological polar surface area (TPSA) is 45.2 Å². The Labute approximate surface area is 80.6 Å². The van der Waals surface area contributed by atoms with E-state index in [-0.39, 0.29) is 5.91 Å². The number of thiazole rings is 1. The van der Waals surface area contributed by atoms with Gasteiger partial charge < -0.3 is 0 Å². The second-order valence-electron chi connectivity index (χ2n) is 3.01. The van der Waals surface area contributed by atoms with Crippen LogP contribution in [-0.2, 0) is 0 Å². The molecule has 5 heteroatoms. The number of aromatic nitrogens is 1. The first-order valence-corrected chi connectivity index (χ1v) is 5.24. The van der Waals surface area contributed by atoms with Crippen LogP contribution in [0.4, 0.5) is 0 Å². The third kappa shape index (κ3) is 2.05. The molecule has 1 aromatic heterocycles. The molecule has 2 heterocycles. The minimum absolute atomic E-state index is 0.0943. The summed E-state index contributed by atoms with van der Waals surface area (Å²) in [5.74, 6) is -0.0943. The van der Waals surface area contributed by atoms with Gasteiger partial charge in [-0.25, -0.2) is 9.99 Å². The van der Waals surface area contributed by atoms with Crippen LogP contribution in [0.3, 0.4) is 0 Å². The van der Waals surface area contributed by atoms with Crippen molar-refractivity contribution in [2.45, 2.75) is 12.8 Å². The van der Waals surface area contributed by atoms with E-state index in [1.807, 2.05) is 5.01 Å². The Morgan fingerprint density at radius 2 is 2.31 bits per heavy atom. The third-order valence-electron chi connectivity index (χ3n) is 2.03. The SMILES string of the molecule is O=C(NN1CCCC1)c1cscn1. The Morgan fingerprint density at radius 3 is 2.92 bits per heavy atom. The number of carbonyl (C=O) groups excluding carboxylic acids is 1. The number of rotatable bonds is 2. The van der Waals surface area contributed by atoms with E-state index in [2.05, 4.69) is 10.4 Å². The van der Waals surface area contributed by atoms with Crippen molar-refractivity contribution in [3.63, 3.8) is 0 Å². The van der Waals surface area contributed by atoms with E-state index in [4.69, 9.17) is 0 Å². The minimum atomic E-state index is -0.0943. The highest BCUT2D eigenvalue weighted by atomic mass is 32.1. The van der Waals surface area contributed by atoms with Gasteiger partial charge in [-0.15, -0.1) is 11.3 Å². The zero-order valence-electron chi connectivity index (χ0n) is 7.19. The van der Waals surface area contributed by atoms with Gasteiger partial charge >= 0.3 is 0 Å². The fourth-order valence-corrected chi connectivity index (χ4v) is 1.89. The van der Waals surface area contributed by atoms with Crippen LogP contribution < -0.4 is 5.43 Å². The molecule has 0 aliphatic carbocycles. The molecule has 70 valence electrons. The molecule has 0 spiro atoms. The van der Waals surface area contributed by atoms with E-state index in [9.17, 15) is 4.79 Å². The fourth-order valence-electron chi connectivity index (χ4n) is 1.35. The van der Waals surface area contributed by atoms with E-state index in [0.29, 0.717) is 5.69 Å². The largest absolute Gasteiger partial charge is 0.285 e. The lowest BCUT2D eigenvalue weighted by Gasteiger charge is -2.14. The fraction of sp³-hybridized carbons (Fsp3) is 0.500. The average Bonchev–Trinajstić information content (AvgIpc) is 2.74. The third-order valence-corrected chi connectivity index (χ3v) is 2.62. The van der Waals surface area contributed by atoms with Crippen LogP contribution in [0.5, 0.6) is 0 Å². The molecule has 1 N–H and O–H groups in total. The zero-order valence-corrected chi connectivity index (χ0v) is 8.01. The van der Waals surface area contributed by atoms with Crippen LogP contribution in [0.25, 0.3) is 0 Å². The first-order chi connectivity index (χ1) is 6.36. The Hall–Kier alpha value is -0.940. The summed E-state index contributed by atoms with van der Waals surface area (Å²) in [5.41, 5.74) is 5.00. The van der Waals surface area contributed by atoms with Crippen LogP contribution in [0.15, 0.2) is 10.9 Å². The van der Waals surface area contributed by atoms with Crippen molar-refractivity contribution in [1.29, 1.82) is 0 Å². The number of nitrogens with zero attached hydrogens (tertiary/aromatic N) is 2. The lowest BCUT2D eigenvalue weighted by Crippen LogP contribution is -2.40. The summed E-state index contributed by atoms with van der Waals surface area (Å²) in [7, 11) is 0. The van der Waals surface area contributed by atoms with Crippen molar-refractivity contribution in [3.8, 4) is 0 Å². The molecule has 0 unspecified atom stereocenters. The first-order valence-electron chi connectivity index (χ1n) is 4.30. The molecule has 0 atom stereocenters. The van der Waals surface area contributed by atoms with Gasteiger partial charge in [0.25, 0.3) is 5.91 Å². The molecule has 13 heavy (non-hydrogen) atoms. The number of carbonyl (C=O) groups is 1. The van der Waals surface area contributed by atoms with Gasteiger partial charge in [0.2, 0.25) is 0 Å². The normalized spacial score (nSPS) is 17.5. The smallest absolute Gasteiger partial charge is 0.283 e. The molecule has 1 saturated heterocycles. The summed E-state index contributed by atoms with van der Waals surface area (Å²) in [6.07, 6.45) is 2.33. The van der Waals surface area contributed by atoms with Gasteiger partial charge in [-0.05, 0) is 12.8 Å². The van der Waals surface area contributed by atoms with Gasteiger partial charge in [0, 0.05) is 18.5 Å². The molecular formula is C8H11N3OS. The Balaban J connectivity index is 1.91. The summed E-state index contributed by atoms with van der Waals surface area (Å²) < 4.78 is 0. The summed E-state index contributed by atoms with van der Waals surface area (Å²) in [6, 6.07) is 0. The van der Waals surface area contributed by atoms with Gasteiger partial charge in [-0.2, -0.15) is 0 Å². The first kappa shape index (κ1) is 8.65. The molecule has 2 rings (SSSR count). The molecule has 1 aromatic rings. The molecule has 0 radical (unpaired) electrons. The quantitative estimate of drug-likeness (QED) is 0.765. The van der Waals surface area contributed by atoms with Crippen molar-refractivity contribution in [2.75, 3.05) is 13.1 Å². The van der Waals surface area contributed by atoms with Crippen molar-refractivity contribution < 1.29 is 4.79 Å². The molecule has 1 aliphatic rings. The van der Waals surface area contributed by atoms with Crippen LogP contribution in [-0.4, -0.2) is 29.0 Å². The molecule has 1 amide bonds. The van der Waals surface area contributed by atoms with Gasteiger partial charge in [0.05, 0.1) is 5.51 Å². The molecule has 0 bridgehead atoms. The maximum absolute atomic E-state index is 11.5. The van der Waals surface area contributed by atoms with E-state index < -0.39 is 0 Å². The number of nitrogens with one attached hydrogen (secondary N) is 1. The summed E-state index contributed by atoms with van der Waals surface area (Å²) in [5, 5.41) is 3.70. The van der Waals surface area contributed by atoms with Crippen molar-refractivity contribution in [1.82, 2.24) is 15.4 Å². The maximum Gasteiger partial charge on any atom is 0.285 e. The zero-order chi connectivity index (χ0) is 9.10. The van der Waals surface area contributed by atoms with E-state index in [1.165, 1.54) is 11.3 Å². The number of hydrogen-bond acceptors (Lipinski definition) is 4. The Bertz CT molecular complexity index is 280. The van der Waals surface area contributed by atoms with Gasteiger partial charge in [-0.3, -0.25) is 10.2 Å². The predicted molar refractivity (Wildman–Crippen MR) is 50.4 cm³/mol. The van der Waals surface area contributed by atoms with Crippen molar-refractivity contribution in [2.24, 2.45) is 0 Å². The van der Waals surface area contributed by atoms with Gasteiger partial charge in [0.15, 0.2) is 0 Å². The highest BCUT2D eigenvalue weighted by Gasteiger charge is 2.15. The number of hydrogen-bond donors (Lipinski definition) is 1. The highest BCUT2D eigenvalue weighted by molar-refractivity contribution is 7.07. The van der Waals surface area contributed by atoms with Crippen LogP contribution >= 0.6 is 11.3 Å². The minimum Gasteiger partial charge on any atom is -0.283 e. The Morgan fingerprint density at radius 1 is 1.54 bits per heavy atom. The molecule has 1 fully saturated rings. The van der Waals surface area contributed by atoms with Gasteiger partial charge in [-0.1, -0.05) is 0 Å². The standard InChI is InChI=1S/C8H11N3OS/c12-8(7-5-13-6-9-7)10-11-3-1-2-4-11/h5-6H,1-4H2,(H,10,12). The molecule has 1 aliphatic heterocycles. The highest BCUT2D eigenvalue weighted by Crippen LogP contribution is 2.05. The maximum atomic E-state index is 11.5. The van der Waals surface area contributed by atoms with E-state index in [0.717, 1.165) is 25.9 Å². The molecule has 0 aromatic carbocycles. The second kappa shape index (κ2) is 3.85. The molecule has 0 saturated carbocycles. The summed E-state index contributed by atoms with van der Waals surface area (Å²) >= 11 is 1.44. The van der Waals surface area contributed by atoms with Crippen molar-refractivity contribution in [3.05, 3.63) is 16.6 Å². The monoisotopic (exact) mass is 197 g/mol. The van der Waals surface area contributed by atoms with Crippen molar-refractivity contribution >= 4 is 17.2 Å². The molecular weight excluding hydrogens is 186 g/mol. The molecule has 4 nitrogen and oxygen atoms in total. The van der Waals surface area contributed by atoms with E-state index in [1.54, 1.807) is 10.9 Å². The van der Waals surface area contributed by atoms with Crippen LogP contribution in [0, 0.1) is 0 Å².